The Bertz CT molecular complexity index is 1870. The summed E-state index contributed by atoms with van der Waals surface area (Å²) in [6, 6.07) is 0. The van der Waals surface area contributed by atoms with Gasteiger partial charge in [0.05, 0.1) is 26.4 Å². The molecule has 4 unspecified atom stereocenters. The zero-order chi connectivity index (χ0) is 70.3. The molecule has 95 heavy (non-hydrogen) atoms. The number of phosphoric acid groups is 2. The zero-order valence-electron chi connectivity index (χ0n) is 62.3. The van der Waals surface area contributed by atoms with Gasteiger partial charge in [-0.3, -0.25) is 37.3 Å². The minimum atomic E-state index is -4.96. The van der Waals surface area contributed by atoms with Crippen LogP contribution in [0.15, 0.2) is 0 Å². The highest BCUT2D eigenvalue weighted by Gasteiger charge is 2.30. The van der Waals surface area contributed by atoms with Crippen LogP contribution in [-0.2, 0) is 65.4 Å². The number of hydrogen-bond donors (Lipinski definition) is 3. The molecule has 0 radical (unpaired) electrons. The van der Waals surface area contributed by atoms with Crippen molar-refractivity contribution in [3.8, 4) is 0 Å². The number of carbonyl (C=O) groups is 4. The van der Waals surface area contributed by atoms with Crippen LogP contribution in [0.4, 0.5) is 0 Å². The molecule has 0 saturated heterocycles. The molecule has 19 heteroatoms. The van der Waals surface area contributed by atoms with E-state index in [2.05, 4.69) is 55.4 Å². The zero-order valence-corrected chi connectivity index (χ0v) is 64.1. The predicted molar refractivity (Wildman–Crippen MR) is 386 cm³/mol. The highest BCUT2D eigenvalue weighted by atomic mass is 31.2. The first kappa shape index (κ1) is 93.1. The summed E-state index contributed by atoms with van der Waals surface area (Å²) in [5.74, 6) is 0.967. The Morgan fingerprint density at radius 1 is 0.295 bits per heavy atom. The van der Waals surface area contributed by atoms with Gasteiger partial charge in [-0.15, -0.1) is 0 Å². The largest absolute Gasteiger partial charge is 0.472 e. The molecule has 0 aliphatic heterocycles. The van der Waals surface area contributed by atoms with Gasteiger partial charge in [0.15, 0.2) is 12.2 Å². The van der Waals surface area contributed by atoms with Crippen LogP contribution in [0.25, 0.3) is 0 Å². The lowest BCUT2D eigenvalue weighted by Crippen LogP contribution is -2.30. The van der Waals surface area contributed by atoms with Crippen molar-refractivity contribution in [2.45, 2.75) is 401 Å². The summed E-state index contributed by atoms with van der Waals surface area (Å²) < 4.78 is 68.5. The van der Waals surface area contributed by atoms with Crippen LogP contribution in [0.1, 0.15) is 383 Å². The van der Waals surface area contributed by atoms with E-state index in [1.165, 1.54) is 180 Å². The Balaban J connectivity index is 5.23. The van der Waals surface area contributed by atoms with Crippen LogP contribution in [0, 0.1) is 23.7 Å². The van der Waals surface area contributed by atoms with E-state index in [0.717, 1.165) is 114 Å². The Hall–Kier alpha value is -1.94. The molecule has 0 bridgehead atoms. The van der Waals surface area contributed by atoms with Crippen molar-refractivity contribution < 1.29 is 80.2 Å². The molecule has 0 saturated carbocycles. The van der Waals surface area contributed by atoms with Gasteiger partial charge in [0.1, 0.15) is 19.3 Å². The number of aliphatic hydroxyl groups excluding tert-OH is 1. The molecule has 0 amide bonds. The van der Waals surface area contributed by atoms with Crippen molar-refractivity contribution >= 4 is 39.5 Å². The maximum atomic E-state index is 13.1. The molecule has 0 aliphatic rings. The average molecular weight is 1400 g/mol. The summed E-state index contributed by atoms with van der Waals surface area (Å²) in [4.78, 5) is 72.8. The van der Waals surface area contributed by atoms with Gasteiger partial charge in [-0.05, 0) is 49.4 Å². The van der Waals surface area contributed by atoms with Crippen LogP contribution in [0.5, 0.6) is 0 Å². The molecule has 7 atom stereocenters. The number of aliphatic hydroxyl groups is 1. The van der Waals surface area contributed by atoms with Crippen LogP contribution in [0.3, 0.4) is 0 Å². The second kappa shape index (κ2) is 65.4. The van der Waals surface area contributed by atoms with E-state index in [0.29, 0.717) is 31.6 Å². The molecule has 0 rings (SSSR count). The van der Waals surface area contributed by atoms with Crippen molar-refractivity contribution in [1.29, 1.82) is 0 Å². The number of esters is 4. The Morgan fingerprint density at radius 2 is 0.505 bits per heavy atom. The highest BCUT2D eigenvalue weighted by molar-refractivity contribution is 7.47. The monoisotopic (exact) mass is 1400 g/mol. The third-order valence-corrected chi connectivity index (χ3v) is 20.2. The maximum Gasteiger partial charge on any atom is 0.472 e. The lowest BCUT2D eigenvalue weighted by Gasteiger charge is -2.21. The minimum Gasteiger partial charge on any atom is -0.462 e. The average Bonchev–Trinajstić information content (AvgIpc) is 1.92. The van der Waals surface area contributed by atoms with Crippen molar-refractivity contribution in [1.82, 2.24) is 0 Å². The first-order valence-corrected chi connectivity index (χ1v) is 42.3. The van der Waals surface area contributed by atoms with E-state index in [4.69, 9.17) is 37.0 Å². The van der Waals surface area contributed by atoms with Gasteiger partial charge in [-0.25, -0.2) is 9.13 Å². The van der Waals surface area contributed by atoms with E-state index in [1.807, 2.05) is 0 Å². The highest BCUT2D eigenvalue weighted by Crippen LogP contribution is 2.45. The van der Waals surface area contributed by atoms with Crippen LogP contribution in [-0.4, -0.2) is 96.7 Å². The number of hydrogen-bond acceptors (Lipinski definition) is 15. The lowest BCUT2D eigenvalue weighted by molar-refractivity contribution is -0.161. The molecule has 0 aliphatic carbocycles. The van der Waals surface area contributed by atoms with Gasteiger partial charge < -0.3 is 33.8 Å². The summed E-state index contributed by atoms with van der Waals surface area (Å²) in [5.41, 5.74) is 0. The quantitative estimate of drug-likeness (QED) is 0.0222. The summed E-state index contributed by atoms with van der Waals surface area (Å²) in [7, 11) is -9.91. The second-order valence-electron chi connectivity index (χ2n) is 28.8. The smallest absolute Gasteiger partial charge is 0.462 e. The number of carbonyl (C=O) groups excluding carboxylic acids is 4. The number of rotatable bonds is 73. The van der Waals surface area contributed by atoms with E-state index >= 15 is 0 Å². The van der Waals surface area contributed by atoms with Gasteiger partial charge in [-0.1, -0.05) is 331 Å². The minimum absolute atomic E-state index is 0.106. The number of ether oxygens (including phenoxy) is 4. The van der Waals surface area contributed by atoms with Crippen LogP contribution in [0.2, 0.25) is 0 Å². The molecule has 3 N–H and O–H groups in total. The molecule has 564 valence electrons. The van der Waals surface area contributed by atoms with Crippen LogP contribution >= 0.6 is 15.6 Å². The summed E-state index contributed by atoms with van der Waals surface area (Å²) >= 11 is 0. The van der Waals surface area contributed by atoms with Crippen LogP contribution < -0.4 is 0 Å². The fourth-order valence-corrected chi connectivity index (χ4v) is 13.1. The molecule has 0 aromatic heterocycles. The third-order valence-electron chi connectivity index (χ3n) is 18.3. The SMILES string of the molecule is CCC(C)CCCCCCCCCCCCCCCCC(=O)O[C@H](COC(=O)CCCCCCCCC(C)C)COP(=O)(O)OC[C@H](O)COP(=O)(O)OC[C@@H](COC(=O)CCCCCCCCCCC(C)CC)OC(=O)CCCCCCCCCCCCCCCC(C)C. The standard InChI is InChI=1S/C76H148O17P2/c1-9-68(7)54-46-38-29-23-19-15-11-12-16-20-24-32-42-50-58-76(81)93-72(63-87-74(79)57-49-41-35-34-37-45-53-67(5)6)65-91-95(84,85)89-61-70(77)60-88-94(82,83)90-64-71(62-86-73(78)56-48-40-31-27-26-30-39-47-55-69(8)10-2)92-75(80)59-51-43-33-25-21-17-13-14-18-22-28-36-44-52-66(3)4/h66-72,77H,9-65H2,1-8H3,(H,82,83)(H,84,85)/t68?,69?,70-,71-,72-/m1/s1. The van der Waals surface area contributed by atoms with E-state index in [-0.39, 0.29) is 25.7 Å². The van der Waals surface area contributed by atoms with Crippen molar-refractivity contribution in [3.05, 3.63) is 0 Å². The van der Waals surface area contributed by atoms with Crippen molar-refractivity contribution in [3.63, 3.8) is 0 Å². The van der Waals surface area contributed by atoms with Crippen molar-refractivity contribution in [2.75, 3.05) is 39.6 Å². The lowest BCUT2D eigenvalue weighted by atomic mass is 9.99. The van der Waals surface area contributed by atoms with Gasteiger partial charge in [0.2, 0.25) is 0 Å². The molecule has 0 aromatic rings. The Morgan fingerprint density at radius 3 is 0.747 bits per heavy atom. The fraction of sp³-hybridized carbons (Fsp3) is 0.947. The molecule has 0 spiro atoms. The van der Waals surface area contributed by atoms with Gasteiger partial charge in [-0.2, -0.15) is 0 Å². The van der Waals surface area contributed by atoms with Gasteiger partial charge >= 0.3 is 39.5 Å². The molecule has 0 aromatic carbocycles. The second-order valence-corrected chi connectivity index (χ2v) is 31.7. The Kier molecular flexibility index (Phi) is 64.0. The van der Waals surface area contributed by atoms with E-state index < -0.39 is 97.5 Å². The summed E-state index contributed by atoms with van der Waals surface area (Å²) in [6.45, 7) is 14.2. The normalized spacial score (nSPS) is 14.7. The van der Waals surface area contributed by atoms with Gasteiger partial charge in [0, 0.05) is 25.7 Å². The fourth-order valence-electron chi connectivity index (χ4n) is 11.5. The van der Waals surface area contributed by atoms with Crippen molar-refractivity contribution in [2.24, 2.45) is 23.7 Å². The molecular formula is C76H148O17P2. The van der Waals surface area contributed by atoms with Gasteiger partial charge in [0.25, 0.3) is 0 Å². The molecule has 0 fully saturated rings. The third kappa shape index (κ3) is 67.6. The first-order chi connectivity index (χ1) is 45.7. The summed E-state index contributed by atoms with van der Waals surface area (Å²) in [6.07, 6.45) is 50.0. The predicted octanol–water partition coefficient (Wildman–Crippen LogP) is 22.0. The summed E-state index contributed by atoms with van der Waals surface area (Å²) in [5, 5.41) is 10.6. The number of unbranched alkanes of at least 4 members (excludes halogenated alkanes) is 37. The van der Waals surface area contributed by atoms with E-state index in [9.17, 15) is 43.2 Å². The molecule has 17 nitrogen and oxygen atoms in total. The molecular weight excluding hydrogens is 1250 g/mol. The first-order valence-electron chi connectivity index (χ1n) is 39.3. The van der Waals surface area contributed by atoms with E-state index in [1.54, 1.807) is 0 Å². The number of phosphoric ester groups is 2. The molecule has 0 heterocycles. The maximum absolute atomic E-state index is 13.1. The topological polar surface area (TPSA) is 237 Å². The Labute approximate surface area is 581 Å².